The van der Waals surface area contributed by atoms with Crippen LogP contribution >= 0.6 is 0 Å². The maximum absolute atomic E-state index is 12.6. The normalized spacial score (nSPS) is 17.5. The number of amides is 2. The smallest absolute Gasteiger partial charge is 0.321 e. The number of likely N-dealkylation sites (tertiary alicyclic amines) is 1. The topological polar surface area (TPSA) is 91.7 Å². The summed E-state index contributed by atoms with van der Waals surface area (Å²) in [5.74, 6) is 1.08. The van der Waals surface area contributed by atoms with Gasteiger partial charge in [-0.15, -0.1) is 10.2 Å². The van der Waals surface area contributed by atoms with Gasteiger partial charge in [-0.2, -0.15) is 5.21 Å². The van der Waals surface area contributed by atoms with E-state index in [1.165, 1.54) is 0 Å². The maximum Gasteiger partial charge on any atom is 0.321 e. The van der Waals surface area contributed by atoms with E-state index < -0.39 is 0 Å². The second-order valence-electron chi connectivity index (χ2n) is 6.23. The van der Waals surface area contributed by atoms with Gasteiger partial charge < -0.3 is 14.8 Å². The second-order valence-corrected chi connectivity index (χ2v) is 6.23. The van der Waals surface area contributed by atoms with E-state index in [1.807, 2.05) is 47.0 Å². The summed E-state index contributed by atoms with van der Waals surface area (Å²) in [4.78, 5) is 14.4. The van der Waals surface area contributed by atoms with E-state index in [2.05, 4.69) is 25.9 Å². The molecule has 1 saturated heterocycles. The van der Waals surface area contributed by atoms with Crippen LogP contribution in [0.4, 0.5) is 10.5 Å². The Labute approximate surface area is 138 Å². The van der Waals surface area contributed by atoms with Gasteiger partial charge in [0.05, 0.1) is 5.69 Å². The van der Waals surface area contributed by atoms with Gasteiger partial charge in [0.15, 0.2) is 5.82 Å². The molecule has 4 rings (SSSR count). The lowest BCUT2D eigenvalue weighted by Gasteiger charge is -2.17. The quantitative estimate of drug-likeness (QED) is 0.768. The lowest BCUT2D eigenvalue weighted by Crippen LogP contribution is -2.33. The molecular formula is C16H19N7O. The van der Waals surface area contributed by atoms with Gasteiger partial charge >= 0.3 is 6.03 Å². The molecule has 0 bridgehead atoms. The molecule has 1 unspecified atom stereocenters. The highest BCUT2D eigenvalue weighted by Crippen LogP contribution is 2.25. The lowest BCUT2D eigenvalue weighted by atomic mass is 10.1. The number of aryl methyl sites for hydroxylation is 1. The Morgan fingerprint density at radius 2 is 2.33 bits per heavy atom. The molecular weight excluding hydrogens is 306 g/mol. The largest absolute Gasteiger partial charge is 0.350 e. The van der Waals surface area contributed by atoms with Crippen LogP contribution in [0.25, 0.3) is 10.9 Å². The fourth-order valence-corrected chi connectivity index (χ4v) is 3.32. The van der Waals surface area contributed by atoms with E-state index in [0.29, 0.717) is 18.3 Å². The highest BCUT2D eigenvalue weighted by Gasteiger charge is 2.27. The van der Waals surface area contributed by atoms with Crippen molar-refractivity contribution in [3.8, 4) is 0 Å². The number of hydrogen-bond acceptors (Lipinski definition) is 4. The number of hydrogen-bond donors (Lipinski definition) is 2. The molecule has 124 valence electrons. The zero-order valence-corrected chi connectivity index (χ0v) is 13.4. The minimum atomic E-state index is -0.0537. The number of benzene rings is 1. The molecule has 2 amide bonds. The molecule has 3 aromatic rings. The summed E-state index contributed by atoms with van der Waals surface area (Å²) in [5.41, 5.74) is 1.95. The third kappa shape index (κ3) is 2.70. The zero-order valence-electron chi connectivity index (χ0n) is 13.4. The maximum atomic E-state index is 12.6. The predicted octanol–water partition coefficient (Wildman–Crippen LogP) is 1.79. The Kier molecular flexibility index (Phi) is 3.64. The third-order valence-corrected chi connectivity index (χ3v) is 4.60. The molecule has 1 aliphatic rings. The van der Waals surface area contributed by atoms with Crippen molar-refractivity contribution in [1.29, 1.82) is 0 Å². The zero-order chi connectivity index (χ0) is 16.5. The van der Waals surface area contributed by atoms with Crippen LogP contribution in [0.1, 0.15) is 12.2 Å². The molecule has 1 atom stereocenters. The van der Waals surface area contributed by atoms with Crippen molar-refractivity contribution < 1.29 is 4.79 Å². The first-order valence-electron chi connectivity index (χ1n) is 8.03. The monoisotopic (exact) mass is 325 g/mol. The van der Waals surface area contributed by atoms with E-state index in [1.54, 1.807) is 0 Å². The minimum Gasteiger partial charge on any atom is -0.350 e. The summed E-state index contributed by atoms with van der Waals surface area (Å²) in [5, 5.41) is 18.1. The van der Waals surface area contributed by atoms with Crippen molar-refractivity contribution in [2.24, 2.45) is 13.0 Å². The number of aromatic nitrogens is 5. The number of fused-ring (bicyclic) bond motifs is 1. The van der Waals surface area contributed by atoms with Gasteiger partial charge in [-0.05, 0) is 30.5 Å². The molecule has 1 fully saturated rings. The number of tetrazole rings is 1. The fourth-order valence-electron chi connectivity index (χ4n) is 3.32. The van der Waals surface area contributed by atoms with Crippen LogP contribution in [-0.2, 0) is 13.5 Å². The van der Waals surface area contributed by atoms with Crippen molar-refractivity contribution in [1.82, 2.24) is 30.1 Å². The first kappa shape index (κ1) is 14.7. The molecule has 1 aliphatic heterocycles. The number of urea groups is 1. The predicted molar refractivity (Wildman–Crippen MR) is 89.5 cm³/mol. The van der Waals surface area contributed by atoms with E-state index in [4.69, 9.17) is 0 Å². The van der Waals surface area contributed by atoms with Crippen LogP contribution in [0.5, 0.6) is 0 Å². The number of nitrogens with zero attached hydrogens (tertiary/aromatic N) is 5. The first-order chi connectivity index (χ1) is 11.7. The van der Waals surface area contributed by atoms with E-state index in [9.17, 15) is 4.79 Å². The van der Waals surface area contributed by atoms with Crippen LogP contribution in [0.2, 0.25) is 0 Å². The van der Waals surface area contributed by atoms with Gasteiger partial charge in [0.25, 0.3) is 0 Å². The van der Waals surface area contributed by atoms with Crippen LogP contribution in [0.15, 0.2) is 30.5 Å². The van der Waals surface area contributed by atoms with E-state index in [0.717, 1.165) is 36.0 Å². The molecule has 3 heterocycles. The number of carbonyl (C=O) groups excluding carboxylic acids is 1. The van der Waals surface area contributed by atoms with Crippen molar-refractivity contribution >= 4 is 22.6 Å². The molecule has 0 spiro atoms. The Hall–Kier alpha value is -2.90. The number of H-pyrrole nitrogens is 1. The second kappa shape index (κ2) is 5.95. The Morgan fingerprint density at radius 3 is 3.17 bits per heavy atom. The summed E-state index contributed by atoms with van der Waals surface area (Å²) in [6.07, 6.45) is 3.70. The first-order valence-corrected chi connectivity index (χ1v) is 8.03. The number of carbonyl (C=O) groups is 1. The van der Waals surface area contributed by atoms with Gasteiger partial charge in [-0.1, -0.05) is 11.3 Å². The van der Waals surface area contributed by atoms with E-state index >= 15 is 0 Å². The van der Waals surface area contributed by atoms with Gasteiger partial charge in [-0.3, -0.25) is 0 Å². The van der Waals surface area contributed by atoms with Gasteiger partial charge in [-0.25, -0.2) is 4.79 Å². The van der Waals surface area contributed by atoms with Crippen molar-refractivity contribution in [3.05, 3.63) is 36.3 Å². The molecule has 8 nitrogen and oxygen atoms in total. The van der Waals surface area contributed by atoms with Crippen LogP contribution < -0.4 is 5.32 Å². The standard InChI is InChI=1S/C16H19N7O/c1-22-7-6-12-13(3-2-4-14(12)22)17-16(24)23-8-5-11(10-23)9-15-18-20-21-19-15/h2-4,6-7,11H,5,8-10H2,1H3,(H,17,24)(H,18,19,20,21). The van der Waals surface area contributed by atoms with Crippen molar-refractivity contribution in [2.75, 3.05) is 18.4 Å². The van der Waals surface area contributed by atoms with Crippen molar-refractivity contribution in [2.45, 2.75) is 12.8 Å². The summed E-state index contributed by atoms with van der Waals surface area (Å²) in [6, 6.07) is 7.91. The van der Waals surface area contributed by atoms with E-state index in [-0.39, 0.29) is 6.03 Å². The summed E-state index contributed by atoms with van der Waals surface area (Å²) < 4.78 is 2.04. The van der Waals surface area contributed by atoms with Gasteiger partial charge in [0.1, 0.15) is 0 Å². The highest BCUT2D eigenvalue weighted by molar-refractivity contribution is 6.00. The molecule has 8 heteroatoms. The number of aromatic amines is 1. The van der Waals surface area contributed by atoms with Gasteiger partial charge in [0.2, 0.25) is 0 Å². The highest BCUT2D eigenvalue weighted by atomic mass is 16.2. The summed E-state index contributed by atoms with van der Waals surface area (Å²) in [6.45, 7) is 1.46. The molecule has 0 radical (unpaired) electrons. The third-order valence-electron chi connectivity index (χ3n) is 4.60. The van der Waals surface area contributed by atoms with Crippen LogP contribution in [0.3, 0.4) is 0 Å². The Morgan fingerprint density at radius 1 is 1.42 bits per heavy atom. The Balaban J connectivity index is 1.43. The average molecular weight is 325 g/mol. The van der Waals surface area contributed by atoms with Crippen LogP contribution in [0, 0.1) is 5.92 Å². The van der Waals surface area contributed by atoms with Crippen LogP contribution in [-0.4, -0.2) is 49.2 Å². The SMILES string of the molecule is Cn1ccc2c(NC(=O)N3CCC(Cc4nn[nH]n4)C3)cccc21. The number of rotatable bonds is 3. The van der Waals surface area contributed by atoms with Gasteiger partial charge in [0, 0.05) is 43.7 Å². The lowest BCUT2D eigenvalue weighted by molar-refractivity contribution is 0.220. The molecule has 0 saturated carbocycles. The fraction of sp³-hybridized carbons (Fsp3) is 0.375. The minimum absolute atomic E-state index is 0.0537. The van der Waals surface area contributed by atoms with Crippen molar-refractivity contribution in [3.63, 3.8) is 0 Å². The molecule has 1 aromatic carbocycles. The summed E-state index contributed by atoms with van der Waals surface area (Å²) >= 11 is 0. The number of anilines is 1. The average Bonchev–Trinajstić information content (AvgIpc) is 3.31. The molecule has 2 N–H and O–H groups in total. The molecule has 2 aromatic heterocycles. The molecule has 24 heavy (non-hydrogen) atoms. The molecule has 0 aliphatic carbocycles. The Bertz CT molecular complexity index is 855. The number of nitrogens with one attached hydrogen (secondary N) is 2. The summed E-state index contributed by atoms with van der Waals surface area (Å²) in [7, 11) is 2.00.